The van der Waals surface area contributed by atoms with Gasteiger partial charge < -0.3 is 15.2 Å². The van der Waals surface area contributed by atoms with Crippen LogP contribution in [-0.4, -0.2) is 34.7 Å². The maximum Gasteiger partial charge on any atom is 0.408 e. The van der Waals surface area contributed by atoms with E-state index < -0.39 is 48.4 Å². The molecular weight excluding hydrogens is 248 g/mol. The Morgan fingerprint density at radius 1 is 1.39 bits per heavy atom. The third-order valence-electron chi connectivity index (χ3n) is 2.53. The molecule has 0 aromatic heterocycles. The van der Waals surface area contributed by atoms with Gasteiger partial charge in [-0.2, -0.15) is 0 Å². The number of carbonyl (C=O) groups is 2. The van der Waals surface area contributed by atoms with E-state index in [9.17, 15) is 18.4 Å². The fourth-order valence-corrected chi connectivity index (χ4v) is 1.76. The number of halogens is 2. The fraction of sp³-hybridized carbons (Fsp3) is 0.818. The highest BCUT2D eigenvalue weighted by Crippen LogP contribution is 2.44. The Kier molecular flexibility index (Phi) is 3.83. The van der Waals surface area contributed by atoms with Gasteiger partial charge in [0.2, 0.25) is 5.92 Å². The van der Waals surface area contributed by atoms with Crippen LogP contribution >= 0.6 is 0 Å². The average molecular weight is 265 g/mol. The Morgan fingerprint density at radius 3 is 2.22 bits per heavy atom. The summed E-state index contributed by atoms with van der Waals surface area (Å²) >= 11 is 0. The van der Waals surface area contributed by atoms with Crippen molar-refractivity contribution in [2.75, 3.05) is 0 Å². The fourth-order valence-electron chi connectivity index (χ4n) is 1.76. The molecule has 1 aliphatic rings. The van der Waals surface area contributed by atoms with Gasteiger partial charge in [-0.3, -0.25) is 0 Å². The number of rotatable bonds is 3. The van der Waals surface area contributed by atoms with E-state index in [0.717, 1.165) is 0 Å². The lowest BCUT2D eigenvalue weighted by Gasteiger charge is -2.38. The summed E-state index contributed by atoms with van der Waals surface area (Å²) in [6, 6.07) is -1.33. The Hall–Kier alpha value is -1.40. The predicted octanol–water partition coefficient (Wildman–Crippen LogP) is 2.01. The summed E-state index contributed by atoms with van der Waals surface area (Å²) in [4.78, 5) is 22.3. The molecule has 0 heterocycles. The van der Waals surface area contributed by atoms with Crippen molar-refractivity contribution in [3.63, 3.8) is 0 Å². The van der Waals surface area contributed by atoms with Crippen molar-refractivity contribution < 1.29 is 28.2 Å². The smallest absolute Gasteiger partial charge is 0.408 e. The first-order chi connectivity index (χ1) is 8.00. The van der Waals surface area contributed by atoms with E-state index in [2.05, 4.69) is 5.32 Å². The highest BCUT2D eigenvalue weighted by atomic mass is 19.3. The molecule has 5 nitrogen and oxygen atoms in total. The van der Waals surface area contributed by atoms with Crippen LogP contribution in [0, 0.1) is 5.92 Å². The second kappa shape index (κ2) is 4.70. The second-order valence-corrected chi connectivity index (χ2v) is 5.49. The molecule has 1 saturated carbocycles. The number of carbonyl (C=O) groups excluding carboxylic acids is 1. The van der Waals surface area contributed by atoms with Gasteiger partial charge in [0.25, 0.3) is 0 Å². The van der Waals surface area contributed by atoms with Crippen LogP contribution in [0.2, 0.25) is 0 Å². The van der Waals surface area contributed by atoms with Gasteiger partial charge in [-0.15, -0.1) is 0 Å². The molecule has 1 amide bonds. The average Bonchev–Trinajstić information content (AvgIpc) is 2.06. The summed E-state index contributed by atoms with van der Waals surface area (Å²) in [5.74, 6) is -4.92. The molecule has 0 radical (unpaired) electrons. The molecule has 104 valence electrons. The zero-order valence-electron chi connectivity index (χ0n) is 10.5. The monoisotopic (exact) mass is 265 g/mol. The first kappa shape index (κ1) is 14.7. The molecular formula is C11H17F2NO4. The van der Waals surface area contributed by atoms with Crippen molar-refractivity contribution >= 4 is 12.1 Å². The number of hydrogen-bond donors (Lipinski definition) is 2. The Morgan fingerprint density at radius 2 is 1.89 bits per heavy atom. The third-order valence-corrected chi connectivity index (χ3v) is 2.53. The van der Waals surface area contributed by atoms with Crippen LogP contribution < -0.4 is 5.32 Å². The van der Waals surface area contributed by atoms with Gasteiger partial charge in [0.05, 0.1) is 0 Å². The summed E-state index contributed by atoms with van der Waals surface area (Å²) in [5.41, 5.74) is -0.767. The van der Waals surface area contributed by atoms with Gasteiger partial charge in [0, 0.05) is 18.8 Å². The van der Waals surface area contributed by atoms with Crippen molar-refractivity contribution in [2.24, 2.45) is 5.92 Å². The lowest BCUT2D eigenvalue weighted by Crippen LogP contribution is -2.54. The lowest BCUT2D eigenvalue weighted by molar-refractivity contribution is -0.153. The molecule has 0 spiro atoms. The van der Waals surface area contributed by atoms with E-state index in [-0.39, 0.29) is 0 Å². The van der Waals surface area contributed by atoms with Crippen LogP contribution in [0.1, 0.15) is 33.6 Å². The van der Waals surface area contributed by atoms with E-state index in [0.29, 0.717) is 0 Å². The first-order valence-electron chi connectivity index (χ1n) is 5.60. The molecule has 0 saturated heterocycles. The normalized spacial score (nSPS) is 20.7. The molecule has 1 atom stereocenters. The van der Waals surface area contributed by atoms with Crippen LogP contribution in [0.4, 0.5) is 13.6 Å². The number of carboxylic acid groups (broad SMARTS) is 1. The number of alkyl halides is 2. The quantitative estimate of drug-likeness (QED) is 0.818. The Labute approximate surface area is 103 Å². The molecule has 0 aromatic rings. The van der Waals surface area contributed by atoms with Crippen LogP contribution in [0.25, 0.3) is 0 Å². The summed E-state index contributed by atoms with van der Waals surface area (Å²) in [5, 5.41) is 11.0. The molecule has 0 aliphatic heterocycles. The van der Waals surface area contributed by atoms with Crippen molar-refractivity contribution in [2.45, 2.75) is 51.2 Å². The van der Waals surface area contributed by atoms with Crippen LogP contribution in [0.15, 0.2) is 0 Å². The molecule has 0 unspecified atom stereocenters. The van der Waals surface area contributed by atoms with Gasteiger partial charge in [-0.05, 0) is 20.8 Å². The highest BCUT2D eigenvalue weighted by Gasteiger charge is 2.51. The van der Waals surface area contributed by atoms with E-state index in [1.807, 2.05) is 0 Å². The van der Waals surface area contributed by atoms with Crippen LogP contribution in [-0.2, 0) is 9.53 Å². The SMILES string of the molecule is CC(C)(C)OC(=O)N[C@@H](C(=O)O)C1CC(F)(F)C1. The van der Waals surface area contributed by atoms with Gasteiger partial charge in [-0.1, -0.05) is 0 Å². The minimum Gasteiger partial charge on any atom is -0.480 e. The zero-order chi connectivity index (χ0) is 14.1. The molecule has 0 aromatic carbocycles. The van der Waals surface area contributed by atoms with Crippen molar-refractivity contribution in [1.82, 2.24) is 5.32 Å². The number of amides is 1. The van der Waals surface area contributed by atoms with E-state index in [1.54, 1.807) is 20.8 Å². The highest BCUT2D eigenvalue weighted by molar-refractivity contribution is 5.80. The second-order valence-electron chi connectivity index (χ2n) is 5.49. The summed E-state index contributed by atoms with van der Waals surface area (Å²) < 4.78 is 30.3. The van der Waals surface area contributed by atoms with Crippen LogP contribution in [0.3, 0.4) is 0 Å². The van der Waals surface area contributed by atoms with Gasteiger partial charge in [0.1, 0.15) is 11.6 Å². The first-order valence-corrected chi connectivity index (χ1v) is 5.60. The van der Waals surface area contributed by atoms with Gasteiger partial charge >= 0.3 is 12.1 Å². The standard InChI is InChI=1S/C11H17F2NO4/c1-10(2,3)18-9(17)14-7(8(15)16)6-4-11(12,13)5-6/h6-7H,4-5H2,1-3H3,(H,14,17)(H,15,16)/t7-/m1/s1. The number of ether oxygens (including phenoxy) is 1. The number of hydrogen-bond acceptors (Lipinski definition) is 3. The van der Waals surface area contributed by atoms with E-state index >= 15 is 0 Å². The summed E-state index contributed by atoms with van der Waals surface area (Å²) in [6.07, 6.45) is -1.97. The number of nitrogens with one attached hydrogen (secondary N) is 1. The number of alkyl carbamates (subject to hydrolysis) is 1. The zero-order valence-corrected chi connectivity index (χ0v) is 10.5. The summed E-state index contributed by atoms with van der Waals surface area (Å²) in [6.45, 7) is 4.87. The third kappa shape index (κ3) is 4.12. The number of aliphatic carboxylic acids is 1. The maximum absolute atomic E-state index is 12.7. The topological polar surface area (TPSA) is 75.6 Å². The molecule has 0 bridgehead atoms. The minimum atomic E-state index is -2.83. The van der Waals surface area contributed by atoms with Crippen molar-refractivity contribution in [3.8, 4) is 0 Å². The lowest BCUT2D eigenvalue weighted by atomic mass is 9.76. The molecule has 1 rings (SSSR count). The van der Waals surface area contributed by atoms with Crippen molar-refractivity contribution in [1.29, 1.82) is 0 Å². The molecule has 1 aliphatic carbocycles. The molecule has 1 fully saturated rings. The van der Waals surface area contributed by atoms with E-state index in [1.165, 1.54) is 0 Å². The van der Waals surface area contributed by atoms with E-state index in [4.69, 9.17) is 9.84 Å². The summed E-state index contributed by atoms with van der Waals surface area (Å²) in [7, 11) is 0. The minimum absolute atomic E-state index is 0.528. The number of carboxylic acids is 1. The van der Waals surface area contributed by atoms with Gasteiger partial charge in [0.15, 0.2) is 0 Å². The van der Waals surface area contributed by atoms with Crippen molar-refractivity contribution in [3.05, 3.63) is 0 Å². The van der Waals surface area contributed by atoms with Gasteiger partial charge in [-0.25, -0.2) is 18.4 Å². The predicted molar refractivity (Wildman–Crippen MR) is 58.5 cm³/mol. The molecule has 2 N–H and O–H groups in total. The Bertz CT molecular complexity index is 343. The Balaban J connectivity index is 2.55. The maximum atomic E-state index is 12.7. The molecule has 7 heteroatoms. The largest absolute Gasteiger partial charge is 0.480 e. The van der Waals surface area contributed by atoms with Crippen LogP contribution in [0.5, 0.6) is 0 Å². The molecule has 18 heavy (non-hydrogen) atoms.